The summed E-state index contributed by atoms with van der Waals surface area (Å²) in [4.78, 5) is 23.4. The molecule has 1 amide bonds. The number of rotatable bonds is 1. The van der Waals surface area contributed by atoms with Gasteiger partial charge < -0.3 is 10.0 Å². The van der Waals surface area contributed by atoms with Crippen LogP contribution >= 0.6 is 0 Å². The Labute approximate surface area is 63.8 Å². The van der Waals surface area contributed by atoms with Crippen LogP contribution in [0.3, 0.4) is 0 Å². The van der Waals surface area contributed by atoms with E-state index in [1.165, 1.54) is 0 Å². The summed E-state index contributed by atoms with van der Waals surface area (Å²) in [6.45, 7) is 0.146. The second kappa shape index (κ2) is 2.04. The van der Waals surface area contributed by atoms with Gasteiger partial charge in [-0.25, -0.2) is 0 Å². The SMILES string of the molecule is O=C1C[C@@H]2[C@@H](CO)C(=O)N2C1. The molecule has 0 spiro atoms. The van der Waals surface area contributed by atoms with Crippen molar-refractivity contribution in [1.82, 2.24) is 4.90 Å². The highest BCUT2D eigenvalue weighted by molar-refractivity contribution is 5.97. The van der Waals surface area contributed by atoms with E-state index in [1.54, 1.807) is 4.90 Å². The van der Waals surface area contributed by atoms with Crippen LogP contribution in [-0.2, 0) is 9.59 Å². The van der Waals surface area contributed by atoms with E-state index in [0.717, 1.165) is 0 Å². The zero-order valence-corrected chi connectivity index (χ0v) is 5.99. The molecule has 2 aliphatic heterocycles. The molecule has 0 aromatic carbocycles. The molecular weight excluding hydrogens is 146 g/mol. The van der Waals surface area contributed by atoms with Crippen molar-refractivity contribution in [2.45, 2.75) is 12.5 Å². The zero-order chi connectivity index (χ0) is 8.01. The molecule has 2 rings (SSSR count). The van der Waals surface area contributed by atoms with Gasteiger partial charge in [-0.3, -0.25) is 9.59 Å². The number of hydrogen-bond acceptors (Lipinski definition) is 3. The van der Waals surface area contributed by atoms with Crippen LogP contribution in [0.4, 0.5) is 0 Å². The standard InChI is InChI=1S/C7H9NO3/c9-3-5-6-1-4(10)2-8(6)7(5)11/h5-6,9H,1-3H2/t5-,6-/m1/s1. The van der Waals surface area contributed by atoms with Crippen molar-refractivity contribution in [2.24, 2.45) is 5.92 Å². The normalized spacial score (nSPS) is 35.5. The molecule has 2 fully saturated rings. The molecule has 60 valence electrons. The lowest BCUT2D eigenvalue weighted by Crippen LogP contribution is -2.58. The fourth-order valence-corrected chi connectivity index (χ4v) is 1.81. The smallest absolute Gasteiger partial charge is 0.230 e. The summed E-state index contributed by atoms with van der Waals surface area (Å²) in [5, 5.41) is 8.73. The highest BCUT2D eigenvalue weighted by atomic mass is 16.3. The van der Waals surface area contributed by atoms with Crippen LogP contribution in [-0.4, -0.2) is 40.9 Å². The number of hydrogen-bond donors (Lipinski definition) is 1. The summed E-state index contributed by atoms with van der Waals surface area (Å²) in [5.41, 5.74) is 0. The maximum absolute atomic E-state index is 11.0. The Hall–Kier alpha value is -0.900. The number of Topliss-reactive ketones (excluding diaryl/α,β-unsaturated/α-hetero) is 1. The van der Waals surface area contributed by atoms with Gasteiger partial charge in [-0.05, 0) is 0 Å². The molecule has 0 aliphatic carbocycles. The van der Waals surface area contributed by atoms with E-state index < -0.39 is 0 Å². The summed E-state index contributed by atoms with van der Waals surface area (Å²) in [6, 6.07) is 0.0139. The molecule has 2 heterocycles. The van der Waals surface area contributed by atoms with Crippen molar-refractivity contribution in [1.29, 1.82) is 0 Å². The largest absolute Gasteiger partial charge is 0.395 e. The minimum Gasteiger partial charge on any atom is -0.395 e. The summed E-state index contributed by atoms with van der Waals surface area (Å²) in [6.07, 6.45) is 0.441. The molecule has 11 heavy (non-hydrogen) atoms. The van der Waals surface area contributed by atoms with Gasteiger partial charge >= 0.3 is 0 Å². The van der Waals surface area contributed by atoms with E-state index in [9.17, 15) is 9.59 Å². The molecule has 0 aromatic heterocycles. The Kier molecular flexibility index (Phi) is 1.26. The predicted octanol–water partition coefficient (Wildman–Crippen LogP) is -1.22. The van der Waals surface area contributed by atoms with Crippen molar-refractivity contribution in [2.75, 3.05) is 13.2 Å². The lowest BCUT2D eigenvalue weighted by Gasteiger charge is -2.40. The molecule has 0 aromatic rings. The van der Waals surface area contributed by atoms with Crippen LogP contribution in [0, 0.1) is 5.92 Å². The quantitative estimate of drug-likeness (QED) is 0.483. The Morgan fingerprint density at radius 3 is 2.91 bits per heavy atom. The van der Waals surface area contributed by atoms with Crippen molar-refractivity contribution in [3.63, 3.8) is 0 Å². The molecule has 2 saturated heterocycles. The van der Waals surface area contributed by atoms with Gasteiger partial charge in [0.25, 0.3) is 0 Å². The van der Waals surface area contributed by atoms with Crippen molar-refractivity contribution in [3.8, 4) is 0 Å². The average Bonchev–Trinajstić information content (AvgIpc) is 2.30. The van der Waals surface area contributed by atoms with E-state index >= 15 is 0 Å². The van der Waals surface area contributed by atoms with E-state index in [-0.39, 0.29) is 36.8 Å². The molecule has 1 N–H and O–H groups in total. The highest BCUT2D eigenvalue weighted by Gasteiger charge is 2.51. The van der Waals surface area contributed by atoms with Gasteiger partial charge in [0.2, 0.25) is 5.91 Å². The van der Waals surface area contributed by atoms with Crippen molar-refractivity contribution < 1.29 is 14.7 Å². The van der Waals surface area contributed by atoms with E-state index in [1.807, 2.05) is 0 Å². The Bertz CT molecular complexity index is 226. The van der Waals surface area contributed by atoms with Gasteiger partial charge in [0, 0.05) is 6.42 Å². The van der Waals surface area contributed by atoms with Crippen LogP contribution in [0.1, 0.15) is 6.42 Å². The number of fused-ring (bicyclic) bond motifs is 1. The lowest BCUT2D eigenvalue weighted by molar-refractivity contribution is -0.155. The lowest BCUT2D eigenvalue weighted by atomic mass is 9.89. The molecule has 4 heteroatoms. The summed E-state index contributed by atoms with van der Waals surface area (Å²) in [5.74, 6) is -0.246. The van der Waals surface area contributed by atoms with Gasteiger partial charge in [0.15, 0.2) is 5.78 Å². The first-order valence-corrected chi connectivity index (χ1v) is 3.67. The van der Waals surface area contributed by atoms with E-state index in [4.69, 9.17) is 5.11 Å². The number of aliphatic hydroxyl groups is 1. The van der Waals surface area contributed by atoms with Gasteiger partial charge in [-0.15, -0.1) is 0 Å². The third-order valence-electron chi connectivity index (χ3n) is 2.45. The fraction of sp³-hybridized carbons (Fsp3) is 0.714. The first kappa shape index (κ1) is 6.79. The number of β-lactam (4-membered cyclic amide) rings is 1. The number of carbonyl (C=O) groups excluding carboxylic acids is 2. The number of nitrogens with zero attached hydrogens (tertiary/aromatic N) is 1. The molecule has 0 saturated carbocycles. The number of carbonyl (C=O) groups is 2. The van der Waals surface area contributed by atoms with E-state index in [0.29, 0.717) is 6.42 Å². The first-order chi connectivity index (χ1) is 5.24. The summed E-state index contributed by atoms with van der Waals surface area (Å²) >= 11 is 0. The van der Waals surface area contributed by atoms with Gasteiger partial charge in [0.1, 0.15) is 0 Å². The summed E-state index contributed by atoms with van der Waals surface area (Å²) in [7, 11) is 0. The fourth-order valence-electron chi connectivity index (χ4n) is 1.81. The summed E-state index contributed by atoms with van der Waals surface area (Å²) < 4.78 is 0. The maximum atomic E-state index is 11.0. The third kappa shape index (κ3) is 0.728. The number of aliphatic hydroxyl groups excluding tert-OH is 1. The minimum atomic E-state index is -0.290. The van der Waals surface area contributed by atoms with Crippen LogP contribution in [0.2, 0.25) is 0 Å². The monoisotopic (exact) mass is 155 g/mol. The maximum Gasteiger partial charge on any atom is 0.230 e. The molecule has 0 unspecified atom stereocenters. The third-order valence-corrected chi connectivity index (χ3v) is 2.45. The minimum absolute atomic E-state index is 0.0139. The first-order valence-electron chi connectivity index (χ1n) is 3.67. The number of ketones is 1. The average molecular weight is 155 g/mol. The molecule has 4 nitrogen and oxygen atoms in total. The highest BCUT2D eigenvalue weighted by Crippen LogP contribution is 2.33. The predicted molar refractivity (Wildman–Crippen MR) is 35.7 cm³/mol. The number of amides is 1. The van der Waals surface area contributed by atoms with Crippen LogP contribution in [0.15, 0.2) is 0 Å². The van der Waals surface area contributed by atoms with Crippen LogP contribution in [0.5, 0.6) is 0 Å². The second-order valence-electron chi connectivity index (χ2n) is 3.07. The van der Waals surface area contributed by atoms with Crippen molar-refractivity contribution in [3.05, 3.63) is 0 Å². The molecule has 0 bridgehead atoms. The van der Waals surface area contributed by atoms with E-state index in [2.05, 4.69) is 0 Å². The second-order valence-corrected chi connectivity index (χ2v) is 3.07. The molecule has 0 radical (unpaired) electrons. The Morgan fingerprint density at radius 1 is 1.55 bits per heavy atom. The van der Waals surface area contributed by atoms with Crippen molar-refractivity contribution >= 4 is 11.7 Å². The molecular formula is C7H9NO3. The topological polar surface area (TPSA) is 57.6 Å². The zero-order valence-electron chi connectivity index (χ0n) is 5.99. The Balaban J connectivity index is 2.13. The van der Waals surface area contributed by atoms with Gasteiger partial charge in [-0.2, -0.15) is 0 Å². The van der Waals surface area contributed by atoms with Crippen LogP contribution < -0.4 is 0 Å². The van der Waals surface area contributed by atoms with Crippen LogP contribution in [0.25, 0.3) is 0 Å². The Morgan fingerprint density at radius 2 is 2.27 bits per heavy atom. The van der Waals surface area contributed by atoms with Gasteiger partial charge in [-0.1, -0.05) is 0 Å². The molecule has 2 aliphatic rings. The molecule has 2 atom stereocenters. The van der Waals surface area contributed by atoms with Gasteiger partial charge in [0.05, 0.1) is 25.1 Å².